The van der Waals surface area contributed by atoms with Gasteiger partial charge in [0.25, 0.3) is 5.69 Å². The third kappa shape index (κ3) is 3.52. The second kappa shape index (κ2) is 6.44. The molecule has 0 atom stereocenters. The third-order valence-corrected chi connectivity index (χ3v) is 3.53. The number of nitro groups is 1. The lowest BCUT2D eigenvalue weighted by Gasteiger charge is -2.15. The first kappa shape index (κ1) is 14.4. The van der Waals surface area contributed by atoms with Gasteiger partial charge in [-0.05, 0) is 18.7 Å². The molecule has 0 saturated heterocycles. The van der Waals surface area contributed by atoms with E-state index in [9.17, 15) is 10.1 Å². The normalized spacial score (nSPS) is 10.8. The molecule has 1 heterocycles. The maximum Gasteiger partial charge on any atom is 0.292 e. The minimum atomic E-state index is -0.365. The molecule has 1 N–H and O–H groups in total. The summed E-state index contributed by atoms with van der Waals surface area (Å²) in [6, 6.07) is 5.25. The number of anilines is 1. The minimum Gasteiger partial charge on any atom is -0.383 e. The summed E-state index contributed by atoms with van der Waals surface area (Å²) in [5.41, 5.74) is 4.36. The molecule has 2 rings (SSSR count). The first-order valence-corrected chi connectivity index (χ1v) is 7.05. The van der Waals surface area contributed by atoms with Crippen molar-refractivity contribution in [2.24, 2.45) is 0 Å². The van der Waals surface area contributed by atoms with Gasteiger partial charge in [0.05, 0.1) is 16.1 Å². The van der Waals surface area contributed by atoms with Crippen molar-refractivity contribution in [3.05, 3.63) is 50.5 Å². The second-order valence-electron chi connectivity index (χ2n) is 4.51. The average molecular weight is 292 g/mol. The number of rotatable bonds is 6. The highest BCUT2D eigenvalue weighted by atomic mass is 32.1. The van der Waals surface area contributed by atoms with E-state index in [4.69, 9.17) is 0 Å². The van der Waals surface area contributed by atoms with Crippen molar-refractivity contribution in [2.75, 3.05) is 19.4 Å². The molecule has 0 aliphatic rings. The smallest absolute Gasteiger partial charge is 0.292 e. The summed E-state index contributed by atoms with van der Waals surface area (Å²) in [5.74, 6) is 0. The zero-order chi connectivity index (χ0) is 14.5. The van der Waals surface area contributed by atoms with Crippen LogP contribution in [0.5, 0.6) is 0 Å². The van der Waals surface area contributed by atoms with Gasteiger partial charge in [-0.2, -0.15) is 0 Å². The van der Waals surface area contributed by atoms with Crippen LogP contribution in [0.1, 0.15) is 11.3 Å². The summed E-state index contributed by atoms with van der Waals surface area (Å²) in [6.45, 7) is 1.37. The maximum atomic E-state index is 11.0. The van der Waals surface area contributed by atoms with Gasteiger partial charge in [-0.1, -0.05) is 6.07 Å². The lowest BCUT2D eigenvalue weighted by Crippen LogP contribution is -2.17. The maximum absolute atomic E-state index is 11.0. The number of nitrogens with zero attached hydrogens (tertiary/aromatic N) is 3. The molecule has 0 aliphatic heterocycles. The van der Waals surface area contributed by atoms with Gasteiger partial charge in [0.2, 0.25) is 0 Å². The van der Waals surface area contributed by atoms with Crippen LogP contribution >= 0.6 is 11.3 Å². The lowest BCUT2D eigenvalue weighted by molar-refractivity contribution is -0.384. The van der Waals surface area contributed by atoms with E-state index >= 15 is 0 Å². The van der Waals surface area contributed by atoms with E-state index in [2.05, 4.69) is 15.2 Å². The highest BCUT2D eigenvalue weighted by molar-refractivity contribution is 7.07. The largest absolute Gasteiger partial charge is 0.383 e. The molecule has 7 heteroatoms. The van der Waals surface area contributed by atoms with Crippen molar-refractivity contribution < 1.29 is 4.92 Å². The van der Waals surface area contributed by atoms with Gasteiger partial charge < -0.3 is 5.32 Å². The van der Waals surface area contributed by atoms with Gasteiger partial charge in [-0.15, -0.1) is 11.3 Å². The van der Waals surface area contributed by atoms with Gasteiger partial charge in [-0.3, -0.25) is 15.0 Å². The Hall–Kier alpha value is -1.99. The monoisotopic (exact) mass is 292 g/mol. The quantitative estimate of drug-likeness (QED) is 0.654. The fraction of sp³-hybridized carbons (Fsp3) is 0.308. The van der Waals surface area contributed by atoms with Crippen LogP contribution < -0.4 is 5.32 Å². The zero-order valence-corrected chi connectivity index (χ0v) is 12.2. The van der Waals surface area contributed by atoms with Crippen molar-refractivity contribution in [3.63, 3.8) is 0 Å². The predicted molar refractivity (Wildman–Crippen MR) is 79.9 cm³/mol. The Morgan fingerprint density at radius 3 is 2.85 bits per heavy atom. The highest BCUT2D eigenvalue weighted by Gasteiger charge is 2.14. The van der Waals surface area contributed by atoms with Crippen LogP contribution in [0, 0.1) is 10.1 Å². The van der Waals surface area contributed by atoms with Gasteiger partial charge >= 0.3 is 0 Å². The summed E-state index contributed by atoms with van der Waals surface area (Å²) in [6.07, 6.45) is 0. The predicted octanol–water partition coefficient (Wildman–Crippen LogP) is 2.73. The van der Waals surface area contributed by atoms with Crippen molar-refractivity contribution in [1.82, 2.24) is 9.88 Å². The molecule has 0 amide bonds. The number of benzene rings is 1. The summed E-state index contributed by atoms with van der Waals surface area (Å²) in [5, 5.41) is 15.9. The molecule has 0 saturated carbocycles. The number of thiazole rings is 1. The molecule has 1 aromatic carbocycles. The molecule has 20 heavy (non-hydrogen) atoms. The lowest BCUT2D eigenvalue weighted by atomic mass is 10.1. The van der Waals surface area contributed by atoms with Crippen LogP contribution in [-0.2, 0) is 13.1 Å². The van der Waals surface area contributed by atoms with Crippen LogP contribution in [0.2, 0.25) is 0 Å². The Morgan fingerprint density at radius 1 is 1.45 bits per heavy atom. The zero-order valence-electron chi connectivity index (χ0n) is 11.4. The first-order valence-electron chi connectivity index (χ1n) is 6.11. The minimum absolute atomic E-state index is 0.104. The Balaban J connectivity index is 2.09. The molecule has 106 valence electrons. The van der Waals surface area contributed by atoms with E-state index in [0.717, 1.165) is 17.8 Å². The van der Waals surface area contributed by atoms with Crippen LogP contribution in [0.25, 0.3) is 0 Å². The Kier molecular flexibility index (Phi) is 4.65. The molecular weight excluding hydrogens is 276 g/mol. The van der Waals surface area contributed by atoms with Gasteiger partial charge in [0.1, 0.15) is 5.69 Å². The number of nitrogens with one attached hydrogen (secondary N) is 1. The summed E-state index contributed by atoms with van der Waals surface area (Å²) < 4.78 is 0. The molecule has 2 aromatic rings. The highest BCUT2D eigenvalue weighted by Crippen LogP contribution is 2.25. The van der Waals surface area contributed by atoms with Crippen LogP contribution in [0.4, 0.5) is 11.4 Å². The van der Waals surface area contributed by atoms with Gasteiger partial charge in [0, 0.05) is 31.6 Å². The summed E-state index contributed by atoms with van der Waals surface area (Å²) in [4.78, 5) is 17.0. The third-order valence-electron chi connectivity index (χ3n) is 2.90. The van der Waals surface area contributed by atoms with Crippen LogP contribution in [0.3, 0.4) is 0 Å². The van der Waals surface area contributed by atoms with Crippen LogP contribution in [0.15, 0.2) is 29.1 Å². The van der Waals surface area contributed by atoms with Gasteiger partial charge in [-0.25, -0.2) is 4.98 Å². The Bertz CT molecular complexity index is 586. The Morgan fingerprint density at radius 2 is 2.25 bits per heavy atom. The van der Waals surface area contributed by atoms with E-state index in [1.807, 2.05) is 18.5 Å². The number of hydrogen-bond acceptors (Lipinski definition) is 6. The Labute approximate surface area is 121 Å². The standard InChI is InChI=1S/C13H16N4O2S/c1-14-12-4-3-10(5-13(12)17(18)19)6-16(2)7-11-8-20-9-15-11/h3-5,8-9,14H,6-7H2,1-2H3. The van der Waals surface area contributed by atoms with E-state index in [1.54, 1.807) is 36.0 Å². The second-order valence-corrected chi connectivity index (χ2v) is 5.23. The molecular formula is C13H16N4O2S. The summed E-state index contributed by atoms with van der Waals surface area (Å²) in [7, 11) is 3.65. The molecule has 1 aromatic heterocycles. The van der Waals surface area contributed by atoms with Crippen molar-refractivity contribution >= 4 is 22.7 Å². The van der Waals surface area contributed by atoms with E-state index in [0.29, 0.717) is 12.2 Å². The summed E-state index contributed by atoms with van der Waals surface area (Å²) >= 11 is 1.56. The number of nitro benzene ring substituents is 1. The SMILES string of the molecule is CNc1ccc(CN(C)Cc2cscn2)cc1[N+](=O)[O-]. The van der Waals surface area contributed by atoms with Crippen molar-refractivity contribution in [1.29, 1.82) is 0 Å². The fourth-order valence-electron chi connectivity index (χ4n) is 2.00. The molecule has 0 radical (unpaired) electrons. The van der Waals surface area contributed by atoms with E-state index in [1.165, 1.54) is 0 Å². The van der Waals surface area contributed by atoms with Crippen molar-refractivity contribution in [3.8, 4) is 0 Å². The molecule has 0 spiro atoms. The molecule has 0 bridgehead atoms. The topological polar surface area (TPSA) is 71.3 Å². The van der Waals surface area contributed by atoms with E-state index in [-0.39, 0.29) is 10.6 Å². The average Bonchev–Trinajstić information content (AvgIpc) is 2.91. The van der Waals surface area contributed by atoms with Crippen LogP contribution in [-0.4, -0.2) is 28.9 Å². The number of hydrogen-bond donors (Lipinski definition) is 1. The fourth-order valence-corrected chi connectivity index (χ4v) is 2.55. The van der Waals surface area contributed by atoms with Gasteiger partial charge in [0.15, 0.2) is 0 Å². The molecule has 0 aliphatic carbocycles. The first-order chi connectivity index (χ1) is 9.60. The number of aromatic nitrogens is 1. The molecule has 6 nitrogen and oxygen atoms in total. The van der Waals surface area contributed by atoms with E-state index < -0.39 is 0 Å². The molecule has 0 fully saturated rings. The van der Waals surface area contributed by atoms with Crippen molar-refractivity contribution in [2.45, 2.75) is 13.1 Å². The molecule has 0 unspecified atom stereocenters.